The highest BCUT2D eigenvalue weighted by Gasteiger charge is 1.64. The first kappa shape index (κ1) is 5.01. The molecule has 34 valence electrons. The zero-order chi connectivity index (χ0) is 4.99. The Morgan fingerprint density at radius 2 is 2.17 bits per heavy atom. The topological polar surface area (TPSA) is 64.4 Å². The van der Waals surface area contributed by atoms with Crippen molar-refractivity contribution in [3.8, 4) is 0 Å². The predicted octanol–water partition coefficient (Wildman–Crippen LogP) is -0.597. The van der Waals surface area contributed by atoms with Crippen LogP contribution in [0.4, 0.5) is 0 Å². The van der Waals surface area contributed by atoms with Gasteiger partial charge in [-0.2, -0.15) is 0 Å². The molecule has 0 aromatic heterocycles. The van der Waals surface area contributed by atoms with Gasteiger partial charge in [0.2, 0.25) is 0 Å². The lowest BCUT2D eigenvalue weighted by molar-refractivity contribution is 1.22. The van der Waals surface area contributed by atoms with Crippen LogP contribution in [0.15, 0.2) is 17.0 Å². The van der Waals surface area contributed by atoms with Crippen LogP contribution in [0, 0.1) is 0 Å². The molecule has 0 saturated carbocycles. The maximum absolute atomic E-state index is 4.91. The number of aliphatic imine (C=N–C) groups is 1. The van der Waals surface area contributed by atoms with Crippen molar-refractivity contribution in [1.29, 1.82) is 0 Å². The van der Waals surface area contributed by atoms with Crippen molar-refractivity contribution >= 4 is 6.72 Å². The van der Waals surface area contributed by atoms with Crippen molar-refractivity contribution in [3.05, 3.63) is 12.0 Å². The molecule has 0 rings (SSSR count). The molecule has 0 amide bonds. The summed E-state index contributed by atoms with van der Waals surface area (Å²) < 4.78 is 0. The van der Waals surface area contributed by atoms with Gasteiger partial charge in [-0.3, -0.25) is 4.99 Å². The van der Waals surface area contributed by atoms with E-state index >= 15 is 0 Å². The molecule has 0 fully saturated rings. The Morgan fingerprint density at radius 1 is 1.67 bits per heavy atom. The van der Waals surface area contributed by atoms with Crippen LogP contribution in [0.2, 0.25) is 0 Å². The number of hydrogen-bond donors (Lipinski definition) is 2. The van der Waals surface area contributed by atoms with Crippen LogP contribution in [0.1, 0.15) is 0 Å². The Hall–Kier alpha value is -0.990. The third-order valence-corrected chi connectivity index (χ3v) is 0.240. The first-order chi connectivity index (χ1) is 2.77. The lowest BCUT2D eigenvalue weighted by atomic mass is 10.8. The highest BCUT2D eigenvalue weighted by molar-refractivity contribution is 5.25. The summed E-state index contributed by atoms with van der Waals surface area (Å²) in [5.74, 6) is 0.185. The summed E-state index contributed by atoms with van der Waals surface area (Å²) in [6, 6.07) is 0. The normalized spacial score (nSPS) is 6.67. The molecule has 4 N–H and O–H groups in total. The van der Waals surface area contributed by atoms with E-state index in [1.54, 1.807) is 0 Å². The van der Waals surface area contributed by atoms with Gasteiger partial charge in [-0.25, -0.2) is 0 Å². The Labute approximate surface area is 36.4 Å². The van der Waals surface area contributed by atoms with E-state index in [4.69, 9.17) is 11.5 Å². The van der Waals surface area contributed by atoms with Gasteiger partial charge in [0.15, 0.2) is 0 Å². The fraction of sp³-hybridized carbons (Fsp3) is 0. The van der Waals surface area contributed by atoms with E-state index in [1.165, 1.54) is 6.20 Å². The predicted molar refractivity (Wildman–Crippen MR) is 26.0 cm³/mol. The fourth-order valence-electron chi connectivity index (χ4n) is 0.105. The van der Waals surface area contributed by atoms with Crippen LogP contribution < -0.4 is 11.5 Å². The molecule has 0 aromatic rings. The minimum atomic E-state index is 0.185. The van der Waals surface area contributed by atoms with Gasteiger partial charge in [0.1, 0.15) is 5.82 Å². The molecule has 0 aromatic carbocycles. The van der Waals surface area contributed by atoms with Crippen LogP contribution in [0.25, 0.3) is 0 Å². The van der Waals surface area contributed by atoms with Gasteiger partial charge >= 0.3 is 0 Å². The lowest BCUT2D eigenvalue weighted by Crippen LogP contribution is -2.06. The molecule has 0 aliphatic carbocycles. The summed E-state index contributed by atoms with van der Waals surface area (Å²) in [7, 11) is 0. The second-order valence-electron chi connectivity index (χ2n) is 0.812. The monoisotopic (exact) mass is 85.1 g/mol. The molecule has 6 heavy (non-hydrogen) atoms. The van der Waals surface area contributed by atoms with Crippen molar-refractivity contribution in [1.82, 2.24) is 0 Å². The average molecular weight is 85.1 g/mol. The molecule has 3 heteroatoms. The molecule has 0 spiro atoms. The van der Waals surface area contributed by atoms with Crippen LogP contribution in [0.3, 0.4) is 0 Å². The van der Waals surface area contributed by atoms with E-state index in [9.17, 15) is 0 Å². The minimum absolute atomic E-state index is 0.185. The smallest absolute Gasteiger partial charge is 0.112 e. The zero-order valence-corrected chi connectivity index (χ0v) is 3.39. The summed E-state index contributed by atoms with van der Waals surface area (Å²) in [5, 5.41) is 0. The van der Waals surface area contributed by atoms with Gasteiger partial charge in [-0.15, -0.1) is 0 Å². The van der Waals surface area contributed by atoms with Crippen molar-refractivity contribution in [3.63, 3.8) is 0 Å². The molecule has 0 heterocycles. The average Bonchev–Trinajstić information content (AvgIpc) is 1.35. The molecule has 3 nitrogen and oxygen atoms in total. The minimum Gasteiger partial charge on any atom is -0.384 e. The summed E-state index contributed by atoms with van der Waals surface area (Å²) in [4.78, 5) is 3.27. The molecule has 0 saturated heterocycles. The summed E-state index contributed by atoms with van der Waals surface area (Å²) in [6.45, 7) is 3.11. The van der Waals surface area contributed by atoms with E-state index in [-0.39, 0.29) is 5.82 Å². The largest absolute Gasteiger partial charge is 0.384 e. The molecule has 0 atom stereocenters. The number of nitrogens with two attached hydrogens (primary N) is 2. The van der Waals surface area contributed by atoms with E-state index in [1.807, 2.05) is 0 Å². The summed E-state index contributed by atoms with van der Waals surface area (Å²) in [6.07, 6.45) is 1.28. The quantitative estimate of drug-likeness (QED) is 0.418. The first-order valence-electron chi connectivity index (χ1n) is 1.44. The third-order valence-electron chi connectivity index (χ3n) is 0.240. The highest BCUT2D eigenvalue weighted by Crippen LogP contribution is 1.65. The Morgan fingerprint density at radius 3 is 2.17 bits per heavy atom. The Bertz CT molecular complexity index is 70.1. The Kier molecular flexibility index (Phi) is 1.89. The van der Waals surface area contributed by atoms with Crippen LogP contribution in [-0.2, 0) is 0 Å². The fourth-order valence-corrected chi connectivity index (χ4v) is 0.105. The van der Waals surface area contributed by atoms with Gasteiger partial charge in [-0.1, -0.05) is 0 Å². The lowest BCUT2D eigenvalue weighted by Gasteiger charge is -1.79. The van der Waals surface area contributed by atoms with Gasteiger partial charge in [0.25, 0.3) is 0 Å². The third kappa shape index (κ3) is 3.01. The van der Waals surface area contributed by atoms with Crippen molar-refractivity contribution in [2.75, 3.05) is 0 Å². The van der Waals surface area contributed by atoms with E-state index in [0.717, 1.165) is 0 Å². The molecule has 0 radical (unpaired) electrons. The van der Waals surface area contributed by atoms with Gasteiger partial charge < -0.3 is 11.5 Å². The van der Waals surface area contributed by atoms with Crippen LogP contribution in [0.5, 0.6) is 0 Å². The maximum atomic E-state index is 4.91. The maximum Gasteiger partial charge on any atom is 0.112 e. The molecular weight excluding hydrogens is 78.1 g/mol. The van der Waals surface area contributed by atoms with Crippen molar-refractivity contribution in [2.45, 2.75) is 0 Å². The second kappa shape index (κ2) is 2.26. The van der Waals surface area contributed by atoms with E-state index < -0.39 is 0 Å². The molecular formula is C3H7N3. The molecule has 0 aliphatic rings. The molecule has 0 aliphatic heterocycles. The summed E-state index contributed by atoms with van der Waals surface area (Å²) >= 11 is 0. The van der Waals surface area contributed by atoms with Gasteiger partial charge in [0, 0.05) is 0 Å². The van der Waals surface area contributed by atoms with Crippen LogP contribution >= 0.6 is 0 Å². The summed E-state index contributed by atoms with van der Waals surface area (Å²) in [5.41, 5.74) is 9.82. The van der Waals surface area contributed by atoms with Gasteiger partial charge in [0.05, 0.1) is 6.20 Å². The number of rotatable bonds is 1. The first-order valence-corrected chi connectivity index (χ1v) is 1.44. The number of nitrogens with zero attached hydrogens (tertiary/aromatic N) is 1. The van der Waals surface area contributed by atoms with E-state index in [2.05, 4.69) is 11.7 Å². The SMILES string of the molecule is C=NC=C(N)N. The molecule has 0 unspecified atom stereocenters. The van der Waals surface area contributed by atoms with E-state index in [0.29, 0.717) is 0 Å². The van der Waals surface area contributed by atoms with Crippen molar-refractivity contribution < 1.29 is 0 Å². The number of hydrogen-bond acceptors (Lipinski definition) is 3. The standard InChI is InChI=1S/C3H7N3/c1-6-2-3(4)5/h2H,1,4-5H2. The Balaban J connectivity index is 3.41. The zero-order valence-electron chi connectivity index (χ0n) is 3.39. The van der Waals surface area contributed by atoms with Crippen molar-refractivity contribution in [2.24, 2.45) is 16.5 Å². The van der Waals surface area contributed by atoms with Crippen LogP contribution in [-0.4, -0.2) is 6.72 Å². The van der Waals surface area contributed by atoms with Gasteiger partial charge in [-0.05, 0) is 6.72 Å². The highest BCUT2D eigenvalue weighted by atomic mass is 14.8. The second-order valence-corrected chi connectivity index (χ2v) is 0.812. The molecule has 0 bridgehead atoms.